The summed E-state index contributed by atoms with van der Waals surface area (Å²) in [4.78, 5) is 2.59. The van der Waals surface area contributed by atoms with E-state index in [1.165, 1.54) is 19.3 Å². The Morgan fingerprint density at radius 2 is 1.79 bits per heavy atom. The molecule has 1 heterocycles. The van der Waals surface area contributed by atoms with Gasteiger partial charge in [0.25, 0.3) is 0 Å². The second kappa shape index (κ2) is 3.49. The Balaban J connectivity index is 1.83. The molecule has 0 amide bonds. The van der Waals surface area contributed by atoms with Crippen LogP contribution in [0.2, 0.25) is 0 Å². The van der Waals surface area contributed by atoms with E-state index in [0.717, 1.165) is 31.0 Å². The monoisotopic (exact) mass is 196 g/mol. The molecule has 0 spiro atoms. The van der Waals surface area contributed by atoms with Gasteiger partial charge in [-0.25, -0.2) is 0 Å². The maximum Gasteiger partial charge on any atom is 0.0384 e. The van der Waals surface area contributed by atoms with Crippen LogP contribution in [0.1, 0.15) is 40.0 Å². The Labute approximate surface area is 87.8 Å². The van der Waals surface area contributed by atoms with Crippen LogP contribution in [0.15, 0.2) is 0 Å². The molecule has 3 unspecified atom stereocenters. The normalized spacial score (nSPS) is 43.3. The second-order valence-corrected chi connectivity index (χ2v) is 5.98. The third-order valence-corrected chi connectivity index (χ3v) is 4.22. The van der Waals surface area contributed by atoms with E-state index in [0.29, 0.717) is 0 Å². The molecule has 1 saturated heterocycles. The molecule has 2 rings (SSSR count). The summed E-state index contributed by atoms with van der Waals surface area (Å²) in [5, 5.41) is 0. The predicted molar refractivity (Wildman–Crippen MR) is 60.1 cm³/mol. The van der Waals surface area contributed by atoms with Crippen molar-refractivity contribution in [2.75, 3.05) is 13.1 Å². The summed E-state index contributed by atoms with van der Waals surface area (Å²) < 4.78 is 0. The molecular weight excluding hydrogens is 172 g/mol. The molecule has 2 heteroatoms. The van der Waals surface area contributed by atoms with Gasteiger partial charge < -0.3 is 5.73 Å². The highest BCUT2D eigenvalue weighted by Crippen LogP contribution is 2.35. The zero-order valence-corrected chi connectivity index (χ0v) is 9.79. The SMILES string of the molecule is CC1CCC(N2CC(C)(N)C2)CC1C. The maximum atomic E-state index is 6.04. The second-order valence-electron chi connectivity index (χ2n) is 5.98. The van der Waals surface area contributed by atoms with Crippen LogP contribution in [0.25, 0.3) is 0 Å². The molecule has 2 fully saturated rings. The first kappa shape index (κ1) is 10.4. The summed E-state index contributed by atoms with van der Waals surface area (Å²) in [5.74, 6) is 1.83. The van der Waals surface area contributed by atoms with Crippen LogP contribution < -0.4 is 5.73 Å². The molecule has 1 saturated carbocycles. The minimum absolute atomic E-state index is 0.103. The van der Waals surface area contributed by atoms with Gasteiger partial charge in [-0.3, -0.25) is 4.90 Å². The van der Waals surface area contributed by atoms with Crippen molar-refractivity contribution in [3.8, 4) is 0 Å². The van der Waals surface area contributed by atoms with Crippen LogP contribution in [0.5, 0.6) is 0 Å². The van der Waals surface area contributed by atoms with Gasteiger partial charge in [-0.1, -0.05) is 13.8 Å². The highest BCUT2D eigenvalue weighted by molar-refractivity contribution is 4.99. The average Bonchev–Trinajstić information content (AvgIpc) is 2.06. The van der Waals surface area contributed by atoms with E-state index in [2.05, 4.69) is 25.7 Å². The standard InChI is InChI=1S/C12H24N2/c1-9-4-5-11(6-10(9)2)14-7-12(3,13)8-14/h9-11H,4-8,13H2,1-3H3. The Bertz CT molecular complexity index is 204. The molecule has 1 aliphatic heterocycles. The fraction of sp³-hybridized carbons (Fsp3) is 1.00. The van der Waals surface area contributed by atoms with Crippen molar-refractivity contribution < 1.29 is 0 Å². The lowest BCUT2D eigenvalue weighted by Gasteiger charge is -2.51. The van der Waals surface area contributed by atoms with E-state index in [4.69, 9.17) is 5.73 Å². The molecule has 0 aromatic rings. The van der Waals surface area contributed by atoms with Crippen LogP contribution in [0.4, 0.5) is 0 Å². The number of nitrogens with two attached hydrogens (primary N) is 1. The van der Waals surface area contributed by atoms with Gasteiger partial charge in [-0.2, -0.15) is 0 Å². The summed E-state index contributed by atoms with van der Waals surface area (Å²) in [6.45, 7) is 9.18. The quantitative estimate of drug-likeness (QED) is 0.693. The molecule has 0 aromatic heterocycles. The third kappa shape index (κ3) is 1.96. The molecule has 0 bridgehead atoms. The van der Waals surface area contributed by atoms with Crippen LogP contribution in [-0.4, -0.2) is 29.6 Å². The Kier molecular flexibility index (Phi) is 2.61. The van der Waals surface area contributed by atoms with Crippen molar-refractivity contribution in [3.63, 3.8) is 0 Å². The topological polar surface area (TPSA) is 29.3 Å². The van der Waals surface area contributed by atoms with E-state index in [1.807, 2.05) is 0 Å². The molecule has 0 aromatic carbocycles. The average molecular weight is 196 g/mol. The van der Waals surface area contributed by atoms with E-state index in [9.17, 15) is 0 Å². The molecule has 14 heavy (non-hydrogen) atoms. The zero-order valence-electron chi connectivity index (χ0n) is 9.79. The highest BCUT2D eigenvalue weighted by atomic mass is 15.3. The van der Waals surface area contributed by atoms with Crippen molar-refractivity contribution in [3.05, 3.63) is 0 Å². The first-order valence-corrected chi connectivity index (χ1v) is 6.01. The van der Waals surface area contributed by atoms with Gasteiger partial charge in [0.15, 0.2) is 0 Å². The molecular formula is C12H24N2. The summed E-state index contributed by atoms with van der Waals surface area (Å²) in [6.07, 6.45) is 4.18. The number of rotatable bonds is 1. The van der Waals surface area contributed by atoms with Gasteiger partial charge in [0.1, 0.15) is 0 Å². The highest BCUT2D eigenvalue weighted by Gasteiger charge is 2.40. The van der Waals surface area contributed by atoms with Crippen LogP contribution >= 0.6 is 0 Å². The van der Waals surface area contributed by atoms with Gasteiger partial charge in [0.2, 0.25) is 0 Å². The zero-order chi connectivity index (χ0) is 10.3. The fourth-order valence-corrected chi connectivity index (χ4v) is 2.99. The minimum atomic E-state index is 0.103. The van der Waals surface area contributed by atoms with E-state index in [-0.39, 0.29) is 5.54 Å². The van der Waals surface area contributed by atoms with Gasteiger partial charge >= 0.3 is 0 Å². The van der Waals surface area contributed by atoms with E-state index >= 15 is 0 Å². The summed E-state index contributed by atoms with van der Waals surface area (Å²) >= 11 is 0. The number of hydrogen-bond donors (Lipinski definition) is 1. The lowest BCUT2D eigenvalue weighted by Crippen LogP contribution is -2.68. The van der Waals surface area contributed by atoms with E-state index in [1.54, 1.807) is 0 Å². The van der Waals surface area contributed by atoms with Crippen LogP contribution in [0, 0.1) is 11.8 Å². The number of likely N-dealkylation sites (tertiary alicyclic amines) is 1. The van der Waals surface area contributed by atoms with E-state index < -0.39 is 0 Å². The van der Waals surface area contributed by atoms with Crippen LogP contribution in [0.3, 0.4) is 0 Å². The lowest BCUT2D eigenvalue weighted by atomic mass is 9.76. The number of hydrogen-bond acceptors (Lipinski definition) is 2. The van der Waals surface area contributed by atoms with Crippen molar-refractivity contribution in [2.24, 2.45) is 17.6 Å². The summed E-state index contributed by atoms with van der Waals surface area (Å²) in [5.41, 5.74) is 6.14. The first-order valence-electron chi connectivity index (χ1n) is 6.01. The van der Waals surface area contributed by atoms with Crippen molar-refractivity contribution in [1.82, 2.24) is 4.90 Å². The number of nitrogens with zero attached hydrogens (tertiary/aromatic N) is 1. The molecule has 2 aliphatic rings. The molecule has 0 radical (unpaired) electrons. The third-order valence-electron chi connectivity index (χ3n) is 4.22. The largest absolute Gasteiger partial charge is 0.323 e. The van der Waals surface area contributed by atoms with Crippen LogP contribution in [-0.2, 0) is 0 Å². The Morgan fingerprint density at radius 3 is 2.29 bits per heavy atom. The molecule has 2 N–H and O–H groups in total. The van der Waals surface area contributed by atoms with Gasteiger partial charge in [0, 0.05) is 24.7 Å². The molecule has 3 atom stereocenters. The minimum Gasteiger partial charge on any atom is -0.323 e. The maximum absolute atomic E-state index is 6.04. The lowest BCUT2D eigenvalue weighted by molar-refractivity contribution is 0.00672. The van der Waals surface area contributed by atoms with Gasteiger partial charge in [0.05, 0.1) is 0 Å². The van der Waals surface area contributed by atoms with Gasteiger partial charge in [-0.05, 0) is 38.0 Å². The van der Waals surface area contributed by atoms with Crippen molar-refractivity contribution >= 4 is 0 Å². The molecule has 2 nitrogen and oxygen atoms in total. The summed E-state index contributed by atoms with van der Waals surface area (Å²) in [7, 11) is 0. The summed E-state index contributed by atoms with van der Waals surface area (Å²) in [6, 6.07) is 0.831. The van der Waals surface area contributed by atoms with Gasteiger partial charge in [-0.15, -0.1) is 0 Å². The predicted octanol–water partition coefficient (Wildman–Crippen LogP) is 1.84. The molecule has 1 aliphatic carbocycles. The van der Waals surface area contributed by atoms with Crippen molar-refractivity contribution in [2.45, 2.75) is 51.6 Å². The fourth-order valence-electron chi connectivity index (χ4n) is 2.99. The molecule has 82 valence electrons. The smallest absolute Gasteiger partial charge is 0.0384 e. The first-order chi connectivity index (χ1) is 6.48. The Hall–Kier alpha value is -0.0800. The van der Waals surface area contributed by atoms with Crippen molar-refractivity contribution in [1.29, 1.82) is 0 Å². The Morgan fingerprint density at radius 1 is 1.14 bits per heavy atom.